The summed E-state index contributed by atoms with van der Waals surface area (Å²) in [4.78, 5) is 34.9. The van der Waals surface area contributed by atoms with Gasteiger partial charge in [0.1, 0.15) is 0 Å². The molecule has 0 aliphatic heterocycles. The quantitative estimate of drug-likeness (QED) is 0.663. The number of amides is 2. The van der Waals surface area contributed by atoms with Gasteiger partial charge < -0.3 is 20.7 Å². The van der Waals surface area contributed by atoms with Crippen LogP contribution in [-0.2, 0) is 14.3 Å². The van der Waals surface area contributed by atoms with Gasteiger partial charge in [0.25, 0.3) is 5.91 Å². The Labute approximate surface area is 145 Å². The van der Waals surface area contributed by atoms with Crippen LogP contribution in [0.1, 0.15) is 10.4 Å². The first-order valence-electron chi connectivity index (χ1n) is 7.65. The second-order valence-corrected chi connectivity index (χ2v) is 5.06. The van der Waals surface area contributed by atoms with E-state index in [1.807, 2.05) is 30.3 Å². The molecular weight excluding hydrogens is 322 g/mol. The molecule has 0 aliphatic rings. The average molecular weight is 341 g/mol. The van der Waals surface area contributed by atoms with Crippen molar-refractivity contribution >= 4 is 29.2 Å². The van der Waals surface area contributed by atoms with E-state index in [9.17, 15) is 14.4 Å². The number of hydrogen-bond acceptors (Lipinski definition) is 5. The fraction of sp³-hybridized carbons (Fsp3) is 0.167. The van der Waals surface area contributed by atoms with Crippen molar-refractivity contribution in [3.8, 4) is 0 Å². The van der Waals surface area contributed by atoms with Gasteiger partial charge in [0, 0.05) is 12.7 Å². The fourth-order valence-electron chi connectivity index (χ4n) is 1.97. The van der Waals surface area contributed by atoms with Crippen LogP contribution in [-0.4, -0.2) is 38.0 Å². The summed E-state index contributed by atoms with van der Waals surface area (Å²) in [7, 11) is 1.46. The first kappa shape index (κ1) is 18.0. The van der Waals surface area contributed by atoms with Crippen LogP contribution >= 0.6 is 0 Å². The minimum absolute atomic E-state index is 0.168. The third-order valence-electron chi connectivity index (χ3n) is 3.26. The van der Waals surface area contributed by atoms with Gasteiger partial charge in [0.2, 0.25) is 5.91 Å². The van der Waals surface area contributed by atoms with E-state index in [0.717, 1.165) is 5.69 Å². The van der Waals surface area contributed by atoms with Crippen LogP contribution in [0, 0.1) is 0 Å². The van der Waals surface area contributed by atoms with Crippen LogP contribution < -0.4 is 16.0 Å². The van der Waals surface area contributed by atoms with E-state index in [-0.39, 0.29) is 12.5 Å². The molecule has 2 rings (SSSR count). The smallest absolute Gasteiger partial charge is 0.340 e. The Morgan fingerprint density at radius 2 is 1.60 bits per heavy atom. The van der Waals surface area contributed by atoms with Gasteiger partial charge in [0.15, 0.2) is 6.61 Å². The molecule has 0 saturated carbocycles. The van der Waals surface area contributed by atoms with Crippen molar-refractivity contribution in [3.05, 3.63) is 60.2 Å². The number of para-hydroxylation sites is 2. The maximum absolute atomic E-state index is 12.2. The number of rotatable bonds is 7. The number of nitrogens with one attached hydrogen (secondary N) is 3. The molecule has 3 N–H and O–H groups in total. The Balaban J connectivity index is 1.95. The Morgan fingerprint density at radius 3 is 2.32 bits per heavy atom. The number of esters is 1. The highest BCUT2D eigenvalue weighted by molar-refractivity contribution is 5.97. The maximum Gasteiger partial charge on any atom is 0.340 e. The van der Waals surface area contributed by atoms with Crippen LogP contribution in [0.25, 0.3) is 0 Å². The molecule has 2 amide bonds. The Kier molecular flexibility index (Phi) is 6.53. The standard InChI is InChI=1S/C18H19N3O4/c1-19-16(22)11-20-17(23)12-25-18(24)14-9-5-6-10-15(14)21-13-7-3-2-4-8-13/h2-10,21H,11-12H2,1H3,(H,19,22)(H,20,23). The fourth-order valence-corrected chi connectivity index (χ4v) is 1.97. The van der Waals surface area contributed by atoms with Crippen LogP contribution in [0.4, 0.5) is 11.4 Å². The minimum atomic E-state index is -0.630. The summed E-state index contributed by atoms with van der Waals surface area (Å²) < 4.78 is 5.01. The monoisotopic (exact) mass is 341 g/mol. The SMILES string of the molecule is CNC(=O)CNC(=O)COC(=O)c1ccccc1Nc1ccccc1. The van der Waals surface area contributed by atoms with Crippen molar-refractivity contribution in [2.75, 3.05) is 25.5 Å². The molecule has 25 heavy (non-hydrogen) atoms. The minimum Gasteiger partial charge on any atom is -0.452 e. The van der Waals surface area contributed by atoms with Crippen LogP contribution in [0.15, 0.2) is 54.6 Å². The molecule has 130 valence electrons. The molecule has 0 atom stereocenters. The number of anilines is 2. The lowest BCUT2D eigenvalue weighted by Gasteiger charge is -2.11. The summed E-state index contributed by atoms with van der Waals surface area (Å²) in [6.45, 7) is -0.630. The van der Waals surface area contributed by atoms with E-state index in [2.05, 4.69) is 16.0 Å². The lowest BCUT2D eigenvalue weighted by molar-refractivity contribution is -0.127. The second-order valence-electron chi connectivity index (χ2n) is 5.06. The molecule has 0 aromatic heterocycles. The van der Waals surface area contributed by atoms with Gasteiger partial charge in [-0.1, -0.05) is 30.3 Å². The highest BCUT2D eigenvalue weighted by Gasteiger charge is 2.14. The predicted octanol–water partition coefficient (Wildman–Crippen LogP) is 1.45. The average Bonchev–Trinajstić information content (AvgIpc) is 2.65. The summed E-state index contributed by atoms with van der Waals surface area (Å²) in [6.07, 6.45) is 0. The van der Waals surface area contributed by atoms with E-state index >= 15 is 0 Å². The van der Waals surface area contributed by atoms with Crippen molar-refractivity contribution in [1.82, 2.24) is 10.6 Å². The number of likely N-dealkylation sites (N-methyl/N-ethyl adjacent to an activating group) is 1. The molecule has 0 saturated heterocycles. The summed E-state index contributed by atoms with van der Waals surface area (Å²) in [5.74, 6) is -1.52. The van der Waals surface area contributed by atoms with E-state index in [0.29, 0.717) is 11.3 Å². The topological polar surface area (TPSA) is 96.5 Å². The molecule has 0 heterocycles. The lowest BCUT2D eigenvalue weighted by atomic mass is 10.1. The summed E-state index contributed by atoms with van der Waals surface area (Å²) in [5, 5.41) is 7.86. The van der Waals surface area contributed by atoms with Crippen LogP contribution in [0.2, 0.25) is 0 Å². The van der Waals surface area contributed by atoms with Crippen LogP contribution in [0.5, 0.6) is 0 Å². The Hall–Kier alpha value is -3.35. The van der Waals surface area contributed by atoms with Gasteiger partial charge in [-0.25, -0.2) is 4.79 Å². The molecular formula is C18H19N3O4. The van der Waals surface area contributed by atoms with Crippen molar-refractivity contribution in [2.24, 2.45) is 0 Å². The normalized spacial score (nSPS) is 9.80. The van der Waals surface area contributed by atoms with Crippen molar-refractivity contribution in [1.29, 1.82) is 0 Å². The first-order valence-corrected chi connectivity index (χ1v) is 7.65. The molecule has 7 nitrogen and oxygen atoms in total. The van der Waals surface area contributed by atoms with Gasteiger partial charge in [0.05, 0.1) is 17.8 Å². The Bertz CT molecular complexity index is 747. The zero-order valence-corrected chi connectivity index (χ0v) is 13.7. The van der Waals surface area contributed by atoms with Crippen molar-refractivity contribution < 1.29 is 19.1 Å². The summed E-state index contributed by atoms with van der Waals surface area (Å²) in [5.41, 5.74) is 1.71. The molecule has 2 aromatic carbocycles. The molecule has 2 aromatic rings. The molecule has 0 bridgehead atoms. The summed E-state index contributed by atoms with van der Waals surface area (Å²) in [6, 6.07) is 16.2. The number of benzene rings is 2. The van der Waals surface area contributed by atoms with E-state index in [4.69, 9.17) is 4.74 Å². The number of ether oxygens (including phenoxy) is 1. The van der Waals surface area contributed by atoms with Gasteiger partial charge in [-0.2, -0.15) is 0 Å². The largest absolute Gasteiger partial charge is 0.452 e. The molecule has 0 unspecified atom stereocenters. The highest BCUT2D eigenvalue weighted by atomic mass is 16.5. The summed E-state index contributed by atoms with van der Waals surface area (Å²) >= 11 is 0. The third kappa shape index (κ3) is 5.65. The van der Waals surface area contributed by atoms with Crippen LogP contribution in [0.3, 0.4) is 0 Å². The molecule has 0 aliphatic carbocycles. The Morgan fingerprint density at radius 1 is 0.920 bits per heavy atom. The molecule has 0 spiro atoms. The van der Waals surface area contributed by atoms with Gasteiger partial charge in [-0.3, -0.25) is 9.59 Å². The zero-order valence-electron chi connectivity index (χ0n) is 13.7. The van der Waals surface area contributed by atoms with Crippen molar-refractivity contribution in [3.63, 3.8) is 0 Å². The molecule has 7 heteroatoms. The highest BCUT2D eigenvalue weighted by Crippen LogP contribution is 2.21. The van der Waals surface area contributed by atoms with Gasteiger partial charge in [-0.05, 0) is 24.3 Å². The predicted molar refractivity (Wildman–Crippen MR) is 93.5 cm³/mol. The number of carbonyl (C=O) groups excluding carboxylic acids is 3. The second kappa shape index (κ2) is 9.07. The maximum atomic E-state index is 12.2. The lowest BCUT2D eigenvalue weighted by Crippen LogP contribution is -2.37. The zero-order chi connectivity index (χ0) is 18.1. The van der Waals surface area contributed by atoms with Gasteiger partial charge >= 0.3 is 5.97 Å². The van der Waals surface area contributed by atoms with Gasteiger partial charge in [-0.15, -0.1) is 0 Å². The molecule has 0 fully saturated rings. The van der Waals surface area contributed by atoms with E-state index in [1.54, 1.807) is 24.3 Å². The van der Waals surface area contributed by atoms with Crippen molar-refractivity contribution in [2.45, 2.75) is 0 Å². The number of carbonyl (C=O) groups is 3. The first-order chi connectivity index (χ1) is 12.1. The van der Waals surface area contributed by atoms with E-state index in [1.165, 1.54) is 7.05 Å². The number of hydrogen-bond donors (Lipinski definition) is 3. The molecule has 0 radical (unpaired) electrons. The van der Waals surface area contributed by atoms with E-state index < -0.39 is 18.5 Å². The third-order valence-corrected chi connectivity index (χ3v) is 3.26.